The number of phosphoric acid groups is 1. The minimum Gasteiger partial charge on any atom is -0.457 e. The molecule has 0 saturated heterocycles. The Morgan fingerprint density at radius 2 is 1.03 bits per heavy atom. The molecule has 2 N–H and O–H groups in total. The third-order valence-corrected chi connectivity index (χ3v) is 11.3. The van der Waals surface area contributed by atoms with E-state index in [4.69, 9.17) is 13.8 Å². The number of Topliss-reactive ketones (excluding diaryl/α,β-unsaturated/α-hetero) is 1. The molecular formula is C48H91NO8P+. The van der Waals surface area contributed by atoms with Crippen LogP contribution < -0.4 is 0 Å². The molecule has 0 amide bonds. The summed E-state index contributed by atoms with van der Waals surface area (Å²) in [6.07, 6.45) is 44.6. The molecule has 0 radical (unpaired) electrons. The molecule has 3 atom stereocenters. The second-order valence-corrected chi connectivity index (χ2v) is 18.7. The molecule has 0 aliphatic rings. The summed E-state index contributed by atoms with van der Waals surface area (Å²) in [6.45, 7) is 3.53. The van der Waals surface area contributed by atoms with E-state index >= 15 is 0 Å². The lowest BCUT2D eigenvalue weighted by molar-refractivity contribution is -0.872. The van der Waals surface area contributed by atoms with Crippen molar-refractivity contribution in [2.45, 2.75) is 219 Å². The van der Waals surface area contributed by atoms with Crippen LogP contribution in [0.5, 0.6) is 0 Å². The average Bonchev–Trinajstić information content (AvgIpc) is 3.17. The Balaban J connectivity index is 4.19. The number of unbranched alkanes of at least 4 members (excludes halogenated alkanes) is 23. The average molecular weight is 841 g/mol. The first-order chi connectivity index (χ1) is 27.9. The van der Waals surface area contributed by atoms with Crippen molar-refractivity contribution >= 4 is 19.6 Å². The van der Waals surface area contributed by atoms with Gasteiger partial charge in [-0.3, -0.25) is 18.6 Å². The smallest absolute Gasteiger partial charge is 0.457 e. The molecule has 0 aliphatic carbocycles. The van der Waals surface area contributed by atoms with Crippen LogP contribution in [-0.4, -0.2) is 79.3 Å². The fourth-order valence-electron chi connectivity index (χ4n) is 6.86. The minimum atomic E-state index is -4.68. The van der Waals surface area contributed by atoms with Gasteiger partial charge in [0.2, 0.25) is 0 Å². The Morgan fingerprint density at radius 1 is 0.603 bits per heavy atom. The van der Waals surface area contributed by atoms with Gasteiger partial charge >= 0.3 is 13.8 Å². The van der Waals surface area contributed by atoms with Crippen LogP contribution in [0, 0.1) is 0 Å². The molecule has 0 aromatic rings. The monoisotopic (exact) mass is 841 g/mol. The zero-order valence-electron chi connectivity index (χ0n) is 38.2. The molecule has 0 aromatic carbocycles. The molecule has 10 heteroatoms. The maximum atomic E-state index is 13.1. The van der Waals surface area contributed by atoms with Gasteiger partial charge in [0, 0.05) is 12.8 Å². The lowest BCUT2D eigenvalue weighted by Gasteiger charge is -2.29. The molecule has 0 heterocycles. The van der Waals surface area contributed by atoms with Gasteiger partial charge in [-0.25, -0.2) is 4.57 Å². The minimum absolute atomic E-state index is 0.196. The fraction of sp³-hybridized carbons (Fsp3) is 0.833. The number of nitrogens with zero attached hydrogens (tertiary/aromatic N) is 1. The number of phosphoric ester groups is 1. The number of quaternary nitrogens is 1. The molecule has 2 unspecified atom stereocenters. The molecule has 0 spiro atoms. The van der Waals surface area contributed by atoms with Gasteiger partial charge in [-0.1, -0.05) is 185 Å². The molecule has 0 saturated carbocycles. The normalized spacial score (nSPS) is 14.5. The van der Waals surface area contributed by atoms with E-state index in [2.05, 4.69) is 50.3 Å². The van der Waals surface area contributed by atoms with Crippen LogP contribution >= 0.6 is 7.82 Å². The van der Waals surface area contributed by atoms with Gasteiger partial charge in [0.15, 0.2) is 11.9 Å². The van der Waals surface area contributed by atoms with Crippen molar-refractivity contribution < 1.29 is 42.4 Å². The predicted octanol–water partition coefficient (Wildman–Crippen LogP) is 13.1. The molecule has 0 aromatic heterocycles. The van der Waals surface area contributed by atoms with Crippen LogP contribution in [-0.2, 0) is 27.9 Å². The number of allylic oxidation sites excluding steroid dienone is 6. The number of hydrogen-bond donors (Lipinski definition) is 2. The Labute approximate surface area is 357 Å². The van der Waals surface area contributed by atoms with Crippen molar-refractivity contribution in [1.29, 1.82) is 0 Å². The maximum absolute atomic E-state index is 13.1. The van der Waals surface area contributed by atoms with E-state index in [9.17, 15) is 24.2 Å². The van der Waals surface area contributed by atoms with Crippen LogP contribution in [0.2, 0.25) is 0 Å². The van der Waals surface area contributed by atoms with E-state index < -0.39 is 39.2 Å². The van der Waals surface area contributed by atoms with E-state index in [-0.39, 0.29) is 25.2 Å². The lowest BCUT2D eigenvalue weighted by atomic mass is 10.0. The topological polar surface area (TPSA) is 119 Å². The van der Waals surface area contributed by atoms with Gasteiger partial charge in [-0.2, -0.15) is 0 Å². The third-order valence-electron chi connectivity index (χ3n) is 10.3. The summed E-state index contributed by atoms with van der Waals surface area (Å²) in [5.74, 6) is -0.714. The van der Waals surface area contributed by atoms with Crippen LogP contribution in [0.15, 0.2) is 36.5 Å². The molecule has 0 bridgehead atoms. The molecule has 0 fully saturated rings. The van der Waals surface area contributed by atoms with E-state index in [1.165, 1.54) is 103 Å². The lowest BCUT2D eigenvalue weighted by Crippen LogP contribution is -2.45. The third kappa shape index (κ3) is 39.8. The van der Waals surface area contributed by atoms with E-state index in [1.807, 2.05) is 21.1 Å². The quantitative estimate of drug-likeness (QED) is 0.0205. The summed E-state index contributed by atoms with van der Waals surface area (Å²) in [5, 5.41) is 9.76. The molecular weight excluding hydrogens is 750 g/mol. The molecule has 0 aliphatic heterocycles. The Morgan fingerprint density at radius 3 is 1.50 bits per heavy atom. The number of esters is 1. The van der Waals surface area contributed by atoms with E-state index in [0.717, 1.165) is 64.2 Å². The standard InChI is InChI=1S/C48H90NO8P/c1-6-8-10-12-14-16-18-20-22-23-24-25-27-29-31-33-35-37-39-41-48(52)56-45(43-50)44-55-58(53,54)57-47(42-49(3,4)5)46(51)40-38-36-34-32-30-28-26-21-19-17-15-13-11-9-7-2/h9,11,15,17,21,26,45,47,50H,6-8,10,12-14,16,18-20,22-25,27-44H2,1-5H3/p+1/b11-9-,17-15-,26-21-/t45-,47?/m1/s1. The van der Waals surface area contributed by atoms with Crippen molar-refractivity contribution in [3.63, 3.8) is 0 Å². The summed E-state index contributed by atoms with van der Waals surface area (Å²) in [7, 11) is 0.961. The number of ether oxygens (including phenoxy) is 1. The summed E-state index contributed by atoms with van der Waals surface area (Å²) in [4.78, 5) is 36.1. The second-order valence-electron chi connectivity index (χ2n) is 17.3. The largest absolute Gasteiger partial charge is 0.473 e. The number of carbonyl (C=O) groups excluding carboxylic acids is 2. The summed E-state index contributed by atoms with van der Waals surface area (Å²) < 4.78 is 29.1. The van der Waals surface area contributed by atoms with Gasteiger partial charge in [0.05, 0.1) is 34.4 Å². The zero-order valence-corrected chi connectivity index (χ0v) is 39.1. The van der Waals surface area contributed by atoms with Crippen molar-refractivity contribution in [2.75, 3.05) is 40.9 Å². The SMILES string of the molecule is CC/C=C\C/C=C\C/C=C\CCCCCCCC(=O)C(C[N+](C)(C)C)OP(=O)(O)OC[C@@H](CO)OC(=O)CCCCCCCCCCCCCCCCCCCCC. The number of hydrogen-bond acceptors (Lipinski definition) is 7. The molecule has 9 nitrogen and oxygen atoms in total. The number of likely N-dealkylation sites (N-methyl/N-ethyl adjacent to an activating group) is 1. The predicted molar refractivity (Wildman–Crippen MR) is 243 cm³/mol. The van der Waals surface area contributed by atoms with Crippen LogP contribution in [0.1, 0.15) is 206 Å². The van der Waals surface area contributed by atoms with Crippen LogP contribution in [0.25, 0.3) is 0 Å². The highest BCUT2D eigenvalue weighted by Gasteiger charge is 2.35. The van der Waals surface area contributed by atoms with Crippen molar-refractivity contribution in [3.05, 3.63) is 36.5 Å². The van der Waals surface area contributed by atoms with Crippen molar-refractivity contribution in [3.8, 4) is 0 Å². The van der Waals surface area contributed by atoms with Crippen molar-refractivity contribution in [2.24, 2.45) is 0 Å². The van der Waals surface area contributed by atoms with E-state index in [0.29, 0.717) is 17.3 Å². The van der Waals surface area contributed by atoms with Gasteiger partial charge in [0.1, 0.15) is 12.6 Å². The first kappa shape index (κ1) is 56.4. The molecule has 58 heavy (non-hydrogen) atoms. The van der Waals surface area contributed by atoms with Crippen LogP contribution in [0.3, 0.4) is 0 Å². The highest BCUT2D eigenvalue weighted by atomic mass is 31.2. The summed E-state index contributed by atoms with van der Waals surface area (Å²) in [6, 6.07) is 0. The summed E-state index contributed by atoms with van der Waals surface area (Å²) >= 11 is 0. The number of aliphatic hydroxyl groups excluding tert-OH is 1. The highest BCUT2D eigenvalue weighted by Crippen LogP contribution is 2.45. The number of rotatable bonds is 43. The zero-order chi connectivity index (χ0) is 43.0. The van der Waals surface area contributed by atoms with E-state index in [1.54, 1.807) is 0 Å². The first-order valence-corrected chi connectivity index (χ1v) is 25.2. The van der Waals surface area contributed by atoms with Gasteiger partial charge in [-0.05, 0) is 44.9 Å². The Kier molecular flexibility index (Phi) is 38.4. The maximum Gasteiger partial charge on any atom is 0.473 e. The Hall–Kier alpha value is -1.61. The van der Waals surface area contributed by atoms with Gasteiger partial charge in [-0.15, -0.1) is 0 Å². The van der Waals surface area contributed by atoms with Gasteiger partial charge in [0.25, 0.3) is 0 Å². The highest BCUT2D eigenvalue weighted by molar-refractivity contribution is 7.47. The first-order valence-electron chi connectivity index (χ1n) is 23.7. The fourth-order valence-corrected chi connectivity index (χ4v) is 7.78. The number of carbonyl (C=O) groups is 2. The molecule has 0 rings (SSSR count). The molecule has 340 valence electrons. The van der Waals surface area contributed by atoms with Crippen LogP contribution in [0.4, 0.5) is 0 Å². The number of ketones is 1. The Bertz CT molecular complexity index is 1100. The number of aliphatic hydroxyl groups is 1. The van der Waals surface area contributed by atoms with Gasteiger partial charge < -0.3 is 19.2 Å². The second kappa shape index (κ2) is 39.5. The summed E-state index contributed by atoms with van der Waals surface area (Å²) in [5.41, 5.74) is 0. The van der Waals surface area contributed by atoms with Crippen molar-refractivity contribution in [1.82, 2.24) is 0 Å².